The lowest BCUT2D eigenvalue weighted by Crippen LogP contribution is -2.12. The first-order valence-corrected chi connectivity index (χ1v) is 7.79. The van der Waals surface area contributed by atoms with E-state index in [0.29, 0.717) is 19.4 Å². The molecule has 22 heavy (non-hydrogen) atoms. The maximum atomic E-state index is 11.9. The van der Waals surface area contributed by atoms with Gasteiger partial charge in [-0.3, -0.25) is 4.79 Å². The van der Waals surface area contributed by atoms with Gasteiger partial charge >= 0.3 is 0 Å². The summed E-state index contributed by atoms with van der Waals surface area (Å²) in [6, 6.07) is 14.9. The Bertz CT molecular complexity index is 631. The molecule has 1 amide bonds. The fourth-order valence-electron chi connectivity index (χ4n) is 1.90. The summed E-state index contributed by atoms with van der Waals surface area (Å²) in [4.78, 5) is 11.9. The van der Waals surface area contributed by atoms with Crippen LogP contribution in [0.25, 0.3) is 0 Å². The molecule has 1 N–H and O–H groups in total. The monoisotopic (exact) mass is 363 g/mol. The number of nitrogens with one attached hydrogen (secondary N) is 1. The standard InChI is InChI=1S/C17H18BrNO3/c1-21-14-7-4-6-13(12-14)19-17(20)10-5-11-22-16-9-3-2-8-15(16)18/h2-4,6-9,12H,5,10-11H2,1H3,(H,19,20). The molecule has 2 aromatic rings. The van der Waals surface area contributed by atoms with Crippen molar-refractivity contribution >= 4 is 27.5 Å². The van der Waals surface area contributed by atoms with Crippen LogP contribution in [0.3, 0.4) is 0 Å². The highest BCUT2D eigenvalue weighted by atomic mass is 79.9. The summed E-state index contributed by atoms with van der Waals surface area (Å²) in [5.74, 6) is 1.47. The molecule has 0 unspecified atom stereocenters. The summed E-state index contributed by atoms with van der Waals surface area (Å²) < 4.78 is 11.7. The van der Waals surface area contributed by atoms with E-state index in [0.717, 1.165) is 21.7 Å². The molecule has 0 aliphatic carbocycles. The van der Waals surface area contributed by atoms with Crippen LogP contribution in [0, 0.1) is 0 Å². The molecule has 2 aromatic carbocycles. The number of anilines is 1. The van der Waals surface area contributed by atoms with E-state index >= 15 is 0 Å². The topological polar surface area (TPSA) is 47.6 Å². The number of amides is 1. The Morgan fingerprint density at radius 3 is 2.77 bits per heavy atom. The summed E-state index contributed by atoms with van der Waals surface area (Å²) in [5.41, 5.74) is 0.732. The van der Waals surface area contributed by atoms with Gasteiger partial charge in [0.25, 0.3) is 0 Å². The van der Waals surface area contributed by atoms with E-state index in [1.807, 2.05) is 42.5 Å². The fourth-order valence-corrected chi connectivity index (χ4v) is 2.30. The molecule has 5 heteroatoms. The van der Waals surface area contributed by atoms with Crippen LogP contribution in [0.2, 0.25) is 0 Å². The minimum atomic E-state index is -0.0380. The number of carbonyl (C=O) groups excluding carboxylic acids is 1. The van der Waals surface area contributed by atoms with Crippen molar-refractivity contribution in [1.29, 1.82) is 0 Å². The van der Waals surface area contributed by atoms with Gasteiger partial charge in [-0.25, -0.2) is 0 Å². The third-order valence-electron chi connectivity index (χ3n) is 3.00. The zero-order valence-corrected chi connectivity index (χ0v) is 13.9. The summed E-state index contributed by atoms with van der Waals surface area (Å²) in [7, 11) is 1.60. The Labute approximate surface area is 138 Å². The lowest BCUT2D eigenvalue weighted by Gasteiger charge is -2.09. The Kier molecular flexibility index (Phi) is 6.27. The maximum Gasteiger partial charge on any atom is 0.224 e. The van der Waals surface area contributed by atoms with Crippen LogP contribution in [0.4, 0.5) is 5.69 Å². The predicted molar refractivity (Wildman–Crippen MR) is 90.5 cm³/mol. The van der Waals surface area contributed by atoms with E-state index in [1.54, 1.807) is 13.2 Å². The van der Waals surface area contributed by atoms with E-state index in [1.165, 1.54) is 0 Å². The van der Waals surface area contributed by atoms with Gasteiger partial charge in [0.05, 0.1) is 18.2 Å². The van der Waals surface area contributed by atoms with Gasteiger partial charge in [0, 0.05) is 18.2 Å². The Morgan fingerprint density at radius 1 is 1.18 bits per heavy atom. The molecule has 116 valence electrons. The third kappa shape index (κ3) is 5.07. The molecule has 2 rings (SSSR count). The molecule has 4 nitrogen and oxygen atoms in total. The molecular formula is C17H18BrNO3. The van der Waals surface area contributed by atoms with Gasteiger partial charge in [-0.2, -0.15) is 0 Å². The van der Waals surface area contributed by atoms with Gasteiger partial charge in [-0.05, 0) is 46.6 Å². The lowest BCUT2D eigenvalue weighted by molar-refractivity contribution is -0.116. The quantitative estimate of drug-likeness (QED) is 0.747. The number of rotatable bonds is 7. The Hall–Kier alpha value is -2.01. The number of ether oxygens (including phenoxy) is 2. The van der Waals surface area contributed by atoms with Gasteiger partial charge in [0.15, 0.2) is 0 Å². The van der Waals surface area contributed by atoms with Crippen molar-refractivity contribution in [1.82, 2.24) is 0 Å². The molecule has 0 heterocycles. The highest BCUT2D eigenvalue weighted by molar-refractivity contribution is 9.10. The Balaban J connectivity index is 1.73. The van der Waals surface area contributed by atoms with E-state index in [4.69, 9.17) is 9.47 Å². The molecular weight excluding hydrogens is 346 g/mol. The molecule has 0 aliphatic heterocycles. The van der Waals surface area contributed by atoms with Crippen molar-refractivity contribution in [2.24, 2.45) is 0 Å². The van der Waals surface area contributed by atoms with Crippen LogP contribution in [-0.4, -0.2) is 19.6 Å². The average molecular weight is 364 g/mol. The summed E-state index contributed by atoms with van der Waals surface area (Å²) in [6.45, 7) is 0.494. The number of benzene rings is 2. The number of methoxy groups -OCH3 is 1. The molecule has 0 aliphatic rings. The SMILES string of the molecule is COc1cccc(NC(=O)CCCOc2ccccc2Br)c1. The van der Waals surface area contributed by atoms with E-state index in [-0.39, 0.29) is 5.91 Å². The number of hydrogen-bond donors (Lipinski definition) is 1. The third-order valence-corrected chi connectivity index (χ3v) is 3.65. The van der Waals surface area contributed by atoms with Crippen molar-refractivity contribution in [3.63, 3.8) is 0 Å². The smallest absolute Gasteiger partial charge is 0.224 e. The van der Waals surface area contributed by atoms with Gasteiger partial charge < -0.3 is 14.8 Å². The second-order valence-corrected chi connectivity index (χ2v) is 5.52. The lowest BCUT2D eigenvalue weighted by atomic mass is 10.2. The van der Waals surface area contributed by atoms with Crippen molar-refractivity contribution < 1.29 is 14.3 Å². The average Bonchev–Trinajstić information content (AvgIpc) is 2.53. The van der Waals surface area contributed by atoms with Gasteiger partial charge in [-0.1, -0.05) is 18.2 Å². The number of hydrogen-bond acceptors (Lipinski definition) is 3. The largest absolute Gasteiger partial charge is 0.497 e. The summed E-state index contributed by atoms with van der Waals surface area (Å²) in [5, 5.41) is 2.84. The maximum absolute atomic E-state index is 11.9. The first-order chi connectivity index (χ1) is 10.7. The van der Waals surface area contributed by atoms with Crippen LogP contribution in [-0.2, 0) is 4.79 Å². The summed E-state index contributed by atoms with van der Waals surface area (Å²) >= 11 is 3.42. The van der Waals surface area contributed by atoms with Crippen LogP contribution < -0.4 is 14.8 Å². The minimum Gasteiger partial charge on any atom is -0.497 e. The normalized spacial score (nSPS) is 10.1. The molecule has 0 spiro atoms. The van der Waals surface area contributed by atoms with E-state index in [9.17, 15) is 4.79 Å². The zero-order valence-electron chi connectivity index (χ0n) is 12.3. The Morgan fingerprint density at radius 2 is 2.00 bits per heavy atom. The van der Waals surface area contributed by atoms with Crippen molar-refractivity contribution in [3.05, 3.63) is 53.0 Å². The highest BCUT2D eigenvalue weighted by Gasteiger charge is 2.04. The molecule has 0 bridgehead atoms. The van der Waals surface area contributed by atoms with E-state index in [2.05, 4.69) is 21.2 Å². The van der Waals surface area contributed by atoms with Gasteiger partial charge in [-0.15, -0.1) is 0 Å². The predicted octanol–water partition coefficient (Wildman–Crippen LogP) is 4.26. The number of carbonyl (C=O) groups is 1. The van der Waals surface area contributed by atoms with Crippen LogP contribution in [0.1, 0.15) is 12.8 Å². The highest BCUT2D eigenvalue weighted by Crippen LogP contribution is 2.24. The zero-order chi connectivity index (χ0) is 15.8. The van der Waals surface area contributed by atoms with Crippen molar-refractivity contribution in [2.45, 2.75) is 12.8 Å². The van der Waals surface area contributed by atoms with Gasteiger partial charge in [0.1, 0.15) is 11.5 Å². The summed E-state index contributed by atoms with van der Waals surface area (Å²) in [6.07, 6.45) is 1.05. The minimum absolute atomic E-state index is 0.0380. The van der Waals surface area contributed by atoms with Crippen LogP contribution in [0.15, 0.2) is 53.0 Å². The molecule has 0 saturated carbocycles. The molecule has 0 atom stereocenters. The van der Waals surface area contributed by atoms with E-state index < -0.39 is 0 Å². The van der Waals surface area contributed by atoms with Crippen molar-refractivity contribution in [2.75, 3.05) is 19.0 Å². The number of halogens is 1. The first kappa shape index (κ1) is 16.4. The molecule has 0 fully saturated rings. The molecule has 0 aromatic heterocycles. The molecule has 0 radical (unpaired) electrons. The molecule has 0 saturated heterocycles. The van der Waals surface area contributed by atoms with Gasteiger partial charge in [0.2, 0.25) is 5.91 Å². The van der Waals surface area contributed by atoms with Crippen LogP contribution in [0.5, 0.6) is 11.5 Å². The number of para-hydroxylation sites is 1. The first-order valence-electron chi connectivity index (χ1n) is 7.00. The van der Waals surface area contributed by atoms with Crippen molar-refractivity contribution in [3.8, 4) is 11.5 Å². The fraction of sp³-hybridized carbons (Fsp3) is 0.235. The second-order valence-electron chi connectivity index (χ2n) is 4.66. The second kappa shape index (κ2) is 8.44. The van der Waals surface area contributed by atoms with Crippen LogP contribution >= 0.6 is 15.9 Å².